The van der Waals surface area contributed by atoms with Crippen molar-refractivity contribution in [2.24, 2.45) is 0 Å². The summed E-state index contributed by atoms with van der Waals surface area (Å²) in [6.45, 7) is 0.698. The molecule has 0 saturated carbocycles. The summed E-state index contributed by atoms with van der Waals surface area (Å²) in [6.07, 6.45) is 1.95. The van der Waals surface area contributed by atoms with Crippen LogP contribution in [0.3, 0.4) is 0 Å². The summed E-state index contributed by atoms with van der Waals surface area (Å²) in [5, 5.41) is 0. The van der Waals surface area contributed by atoms with E-state index in [1.54, 1.807) is 42.2 Å². The fraction of sp³-hybridized carbons (Fsp3) is 0.235. The van der Waals surface area contributed by atoms with Gasteiger partial charge in [-0.15, -0.1) is 11.8 Å². The van der Waals surface area contributed by atoms with Gasteiger partial charge in [0.1, 0.15) is 11.4 Å². The number of Topliss-reactive ketones (excluding diaryl/α,β-unsaturated/α-hetero) is 2. The van der Waals surface area contributed by atoms with Crippen molar-refractivity contribution in [3.05, 3.63) is 53.9 Å². The van der Waals surface area contributed by atoms with Crippen LogP contribution in [0, 0.1) is 0 Å². The van der Waals surface area contributed by atoms with Crippen molar-refractivity contribution in [2.75, 3.05) is 12.4 Å². The zero-order valence-electron chi connectivity index (χ0n) is 12.0. The number of hydrogen-bond donors (Lipinski definition) is 0. The Kier molecular flexibility index (Phi) is 4.53. The van der Waals surface area contributed by atoms with Crippen LogP contribution in [0.1, 0.15) is 33.7 Å². The van der Waals surface area contributed by atoms with Gasteiger partial charge in [0, 0.05) is 30.4 Å². The van der Waals surface area contributed by atoms with Crippen LogP contribution in [0.2, 0.25) is 0 Å². The number of pyridine rings is 1. The third-order valence-electron chi connectivity index (χ3n) is 3.39. The zero-order chi connectivity index (χ0) is 15.4. The molecule has 3 rings (SSSR count). The molecule has 0 unspecified atom stereocenters. The Bertz CT molecular complexity index is 700. The molecule has 1 aromatic heterocycles. The first-order valence-corrected chi connectivity index (χ1v) is 8.10. The molecule has 4 nitrogen and oxygen atoms in total. The number of fused-ring (bicyclic) bond motifs is 1. The average molecular weight is 313 g/mol. The smallest absolute Gasteiger partial charge is 0.181 e. The highest BCUT2D eigenvalue weighted by Gasteiger charge is 2.16. The second kappa shape index (κ2) is 6.75. The standard InChI is InChI=1S/C17H15NO3S/c19-14(5-6-15(20)13-3-1-2-8-18-13)12-4-7-16-17(11-12)22-10-9-21-16/h1-4,7-8,11H,5-6,9-10H2. The first-order chi connectivity index (χ1) is 10.7. The lowest BCUT2D eigenvalue weighted by atomic mass is 10.0. The lowest BCUT2D eigenvalue weighted by molar-refractivity contribution is 0.0915. The number of carbonyl (C=O) groups excluding carboxylic acids is 2. The normalized spacial score (nSPS) is 13.1. The Hall–Kier alpha value is -2.14. The van der Waals surface area contributed by atoms with E-state index in [2.05, 4.69) is 4.98 Å². The van der Waals surface area contributed by atoms with Gasteiger partial charge in [0.05, 0.1) is 11.5 Å². The van der Waals surface area contributed by atoms with Crippen LogP contribution in [0.25, 0.3) is 0 Å². The van der Waals surface area contributed by atoms with E-state index in [0.717, 1.165) is 16.4 Å². The van der Waals surface area contributed by atoms with E-state index in [9.17, 15) is 9.59 Å². The monoisotopic (exact) mass is 313 g/mol. The minimum atomic E-state index is -0.107. The minimum Gasteiger partial charge on any atom is -0.492 e. The quantitative estimate of drug-likeness (QED) is 0.792. The zero-order valence-corrected chi connectivity index (χ0v) is 12.8. The molecule has 0 amide bonds. The van der Waals surface area contributed by atoms with Gasteiger partial charge in [-0.2, -0.15) is 0 Å². The van der Waals surface area contributed by atoms with Gasteiger partial charge in [-0.3, -0.25) is 14.6 Å². The molecule has 0 saturated heterocycles. The number of nitrogens with zero attached hydrogens (tertiary/aromatic N) is 1. The molecule has 5 heteroatoms. The lowest BCUT2D eigenvalue weighted by Crippen LogP contribution is -2.09. The summed E-state index contributed by atoms with van der Waals surface area (Å²) in [6, 6.07) is 10.6. The van der Waals surface area contributed by atoms with E-state index in [4.69, 9.17) is 4.74 Å². The van der Waals surface area contributed by atoms with Crippen LogP contribution in [-0.4, -0.2) is 28.9 Å². The van der Waals surface area contributed by atoms with Gasteiger partial charge in [0.25, 0.3) is 0 Å². The van der Waals surface area contributed by atoms with E-state index in [0.29, 0.717) is 17.9 Å². The summed E-state index contributed by atoms with van der Waals surface area (Å²) in [4.78, 5) is 29.2. The lowest BCUT2D eigenvalue weighted by Gasteiger charge is -2.17. The molecule has 22 heavy (non-hydrogen) atoms. The number of aromatic nitrogens is 1. The Morgan fingerprint density at radius 2 is 2.00 bits per heavy atom. The highest BCUT2D eigenvalue weighted by Crippen LogP contribution is 2.34. The van der Waals surface area contributed by atoms with Crippen LogP contribution < -0.4 is 4.74 Å². The highest BCUT2D eigenvalue weighted by molar-refractivity contribution is 7.99. The minimum absolute atomic E-state index is 0.0294. The van der Waals surface area contributed by atoms with Gasteiger partial charge in [-0.25, -0.2) is 0 Å². The molecule has 2 aromatic rings. The molecule has 0 spiro atoms. The van der Waals surface area contributed by atoms with Crippen molar-refractivity contribution in [1.82, 2.24) is 4.98 Å². The Labute approximate surface area is 132 Å². The van der Waals surface area contributed by atoms with Gasteiger partial charge in [0.2, 0.25) is 0 Å². The highest BCUT2D eigenvalue weighted by atomic mass is 32.2. The molecular weight excluding hydrogens is 298 g/mol. The number of thioether (sulfide) groups is 1. The topological polar surface area (TPSA) is 56.3 Å². The molecule has 0 aliphatic carbocycles. The van der Waals surface area contributed by atoms with Crippen LogP contribution >= 0.6 is 11.8 Å². The van der Waals surface area contributed by atoms with E-state index in [1.807, 2.05) is 12.1 Å². The van der Waals surface area contributed by atoms with Crippen molar-refractivity contribution >= 4 is 23.3 Å². The summed E-state index contributed by atoms with van der Waals surface area (Å²) < 4.78 is 5.52. The fourth-order valence-electron chi connectivity index (χ4n) is 2.24. The number of rotatable bonds is 5. The van der Waals surface area contributed by atoms with E-state index < -0.39 is 0 Å². The number of ether oxygens (including phenoxy) is 1. The fourth-order valence-corrected chi connectivity index (χ4v) is 3.11. The molecule has 0 atom stereocenters. The molecule has 1 aliphatic rings. The number of hydrogen-bond acceptors (Lipinski definition) is 5. The van der Waals surface area contributed by atoms with Gasteiger partial charge < -0.3 is 4.74 Å². The van der Waals surface area contributed by atoms with Crippen LogP contribution in [0.4, 0.5) is 0 Å². The van der Waals surface area contributed by atoms with Crippen molar-refractivity contribution in [3.8, 4) is 5.75 Å². The second-order valence-corrected chi connectivity index (χ2v) is 6.06. The third-order valence-corrected chi connectivity index (χ3v) is 4.39. The maximum absolute atomic E-state index is 12.2. The van der Waals surface area contributed by atoms with Gasteiger partial charge in [-0.05, 0) is 30.3 Å². The number of ketones is 2. The molecule has 112 valence electrons. The third kappa shape index (κ3) is 3.36. The number of benzene rings is 1. The summed E-state index contributed by atoms with van der Waals surface area (Å²) in [5.41, 5.74) is 1.04. The molecular formula is C17H15NO3S. The maximum Gasteiger partial charge on any atom is 0.181 e. The molecule has 0 bridgehead atoms. The Morgan fingerprint density at radius 3 is 2.82 bits per heavy atom. The van der Waals surface area contributed by atoms with Gasteiger partial charge in [-0.1, -0.05) is 6.07 Å². The first kappa shape index (κ1) is 14.8. The molecule has 1 aliphatic heterocycles. The van der Waals surface area contributed by atoms with Gasteiger partial charge >= 0.3 is 0 Å². The second-order valence-electron chi connectivity index (χ2n) is 4.92. The van der Waals surface area contributed by atoms with Crippen LogP contribution in [0.5, 0.6) is 5.75 Å². The molecule has 0 fully saturated rings. The van der Waals surface area contributed by atoms with Crippen molar-refractivity contribution in [2.45, 2.75) is 17.7 Å². The van der Waals surface area contributed by atoms with Crippen molar-refractivity contribution in [1.29, 1.82) is 0 Å². The summed E-state index contributed by atoms with van der Waals surface area (Å²) in [7, 11) is 0. The Morgan fingerprint density at radius 1 is 1.14 bits per heavy atom. The summed E-state index contributed by atoms with van der Waals surface area (Å²) >= 11 is 1.69. The van der Waals surface area contributed by atoms with Crippen LogP contribution in [-0.2, 0) is 0 Å². The Balaban J connectivity index is 1.64. The number of carbonyl (C=O) groups is 2. The predicted octanol–water partition coefficient (Wildman–Crippen LogP) is 3.41. The molecule has 0 N–H and O–H groups in total. The maximum atomic E-state index is 12.2. The summed E-state index contributed by atoms with van der Waals surface area (Å²) in [5.74, 6) is 1.59. The SMILES string of the molecule is O=C(CCC(=O)c1ccccn1)c1ccc2c(c1)SCCO2. The van der Waals surface area contributed by atoms with E-state index >= 15 is 0 Å². The molecule has 0 radical (unpaired) electrons. The van der Waals surface area contributed by atoms with Gasteiger partial charge in [0.15, 0.2) is 11.6 Å². The molecule has 1 aromatic carbocycles. The predicted molar refractivity (Wildman–Crippen MR) is 84.8 cm³/mol. The van der Waals surface area contributed by atoms with E-state index in [1.165, 1.54) is 0 Å². The largest absolute Gasteiger partial charge is 0.492 e. The molecule has 2 heterocycles. The average Bonchev–Trinajstić information content (AvgIpc) is 2.59. The van der Waals surface area contributed by atoms with Crippen LogP contribution in [0.15, 0.2) is 47.5 Å². The van der Waals surface area contributed by atoms with Crippen molar-refractivity contribution < 1.29 is 14.3 Å². The first-order valence-electron chi connectivity index (χ1n) is 7.11. The van der Waals surface area contributed by atoms with Crippen molar-refractivity contribution in [3.63, 3.8) is 0 Å². The van der Waals surface area contributed by atoms with E-state index in [-0.39, 0.29) is 24.4 Å².